The largest absolute Gasteiger partial charge is 0.302 e. The molecule has 0 saturated heterocycles. The molecule has 0 atom stereocenters. The molecule has 0 bridgehead atoms. The van der Waals surface area contributed by atoms with Gasteiger partial charge in [-0.05, 0) is 23.3 Å². The SMILES string of the molecule is CCCCCCCCCCCC(=O)Nc1nc(-c2ccc3ccccc3c2)cs1. The molecule has 1 aromatic heterocycles. The van der Waals surface area contributed by atoms with Gasteiger partial charge in [-0.2, -0.15) is 0 Å². The van der Waals surface area contributed by atoms with Crippen LogP contribution in [0.3, 0.4) is 0 Å². The fourth-order valence-electron chi connectivity index (χ4n) is 3.59. The lowest BCUT2D eigenvalue weighted by atomic mass is 10.1. The normalized spacial score (nSPS) is 11.1. The maximum absolute atomic E-state index is 12.2. The second-order valence-electron chi connectivity index (χ2n) is 7.73. The van der Waals surface area contributed by atoms with E-state index in [1.165, 1.54) is 67.1 Å². The Hall–Kier alpha value is -2.20. The van der Waals surface area contributed by atoms with Gasteiger partial charge in [0, 0.05) is 17.4 Å². The van der Waals surface area contributed by atoms with Gasteiger partial charge in [-0.25, -0.2) is 4.98 Å². The van der Waals surface area contributed by atoms with Crippen molar-refractivity contribution in [3.05, 3.63) is 47.8 Å². The van der Waals surface area contributed by atoms with Gasteiger partial charge in [0.1, 0.15) is 0 Å². The number of thiazole rings is 1. The summed E-state index contributed by atoms with van der Waals surface area (Å²) < 4.78 is 0. The zero-order chi connectivity index (χ0) is 20.3. The minimum atomic E-state index is 0.0763. The van der Waals surface area contributed by atoms with E-state index in [1.807, 2.05) is 17.5 Å². The van der Waals surface area contributed by atoms with Gasteiger partial charge in [0.05, 0.1) is 5.69 Å². The highest BCUT2D eigenvalue weighted by Crippen LogP contribution is 2.28. The molecule has 0 aliphatic heterocycles. The van der Waals surface area contributed by atoms with Gasteiger partial charge in [0.15, 0.2) is 5.13 Å². The molecule has 0 radical (unpaired) electrons. The van der Waals surface area contributed by atoms with Crippen LogP contribution in [0.4, 0.5) is 5.13 Å². The third-order valence-electron chi connectivity index (χ3n) is 5.30. The van der Waals surface area contributed by atoms with Gasteiger partial charge in [-0.1, -0.05) is 94.7 Å². The number of nitrogens with one attached hydrogen (secondary N) is 1. The highest BCUT2D eigenvalue weighted by molar-refractivity contribution is 7.14. The predicted molar refractivity (Wildman–Crippen MR) is 126 cm³/mol. The summed E-state index contributed by atoms with van der Waals surface area (Å²) in [6.07, 6.45) is 12.0. The highest BCUT2D eigenvalue weighted by atomic mass is 32.1. The number of carbonyl (C=O) groups is 1. The van der Waals surface area contributed by atoms with Gasteiger partial charge in [0.25, 0.3) is 0 Å². The van der Waals surface area contributed by atoms with Crippen LogP contribution < -0.4 is 5.32 Å². The fraction of sp³-hybridized carbons (Fsp3) is 0.440. The maximum Gasteiger partial charge on any atom is 0.226 e. The van der Waals surface area contributed by atoms with Crippen molar-refractivity contribution in [1.29, 1.82) is 0 Å². The topological polar surface area (TPSA) is 42.0 Å². The number of anilines is 1. The molecule has 0 saturated carbocycles. The Kier molecular flexibility index (Phi) is 8.69. The zero-order valence-corrected chi connectivity index (χ0v) is 18.3. The molecule has 0 unspecified atom stereocenters. The van der Waals surface area contributed by atoms with Crippen LogP contribution >= 0.6 is 11.3 Å². The second-order valence-corrected chi connectivity index (χ2v) is 8.58. The Morgan fingerprint density at radius 2 is 1.59 bits per heavy atom. The molecule has 3 nitrogen and oxygen atoms in total. The molecule has 1 N–H and O–H groups in total. The summed E-state index contributed by atoms with van der Waals surface area (Å²) in [4.78, 5) is 16.8. The van der Waals surface area contributed by atoms with Crippen molar-refractivity contribution in [2.75, 3.05) is 5.32 Å². The summed E-state index contributed by atoms with van der Waals surface area (Å²) in [6.45, 7) is 2.25. The molecule has 0 spiro atoms. The molecule has 1 heterocycles. The second kappa shape index (κ2) is 11.7. The Morgan fingerprint density at radius 1 is 0.897 bits per heavy atom. The summed E-state index contributed by atoms with van der Waals surface area (Å²) in [5.74, 6) is 0.0763. The number of benzene rings is 2. The molecule has 3 aromatic rings. The average molecular weight is 409 g/mol. The lowest BCUT2D eigenvalue weighted by Gasteiger charge is -2.03. The van der Waals surface area contributed by atoms with E-state index in [-0.39, 0.29) is 5.91 Å². The number of aromatic nitrogens is 1. The quantitative estimate of drug-likeness (QED) is 0.310. The van der Waals surface area contributed by atoms with Gasteiger partial charge in [0.2, 0.25) is 5.91 Å². The van der Waals surface area contributed by atoms with Crippen molar-refractivity contribution in [3.8, 4) is 11.3 Å². The van der Waals surface area contributed by atoms with Gasteiger partial charge >= 0.3 is 0 Å². The molecular formula is C25H32N2OS. The first kappa shape index (κ1) is 21.5. The number of hydrogen-bond acceptors (Lipinski definition) is 3. The number of unbranched alkanes of at least 4 members (excludes halogenated alkanes) is 8. The van der Waals surface area contributed by atoms with Crippen LogP contribution in [0.15, 0.2) is 47.8 Å². The maximum atomic E-state index is 12.2. The minimum absolute atomic E-state index is 0.0763. The van der Waals surface area contributed by atoms with Gasteiger partial charge in [-0.15, -0.1) is 11.3 Å². The molecule has 1 amide bonds. The summed E-state index contributed by atoms with van der Waals surface area (Å²) in [6, 6.07) is 14.7. The highest BCUT2D eigenvalue weighted by Gasteiger charge is 2.08. The first-order chi connectivity index (χ1) is 14.3. The molecule has 0 aliphatic rings. The van der Waals surface area contributed by atoms with E-state index in [4.69, 9.17) is 0 Å². The van der Waals surface area contributed by atoms with Crippen LogP contribution in [0.1, 0.15) is 71.1 Å². The van der Waals surface area contributed by atoms with Crippen molar-refractivity contribution in [2.24, 2.45) is 0 Å². The molecule has 4 heteroatoms. The van der Waals surface area contributed by atoms with Crippen LogP contribution in [-0.4, -0.2) is 10.9 Å². The third kappa shape index (κ3) is 6.97. The predicted octanol–water partition coefficient (Wildman–Crippen LogP) is 7.82. The molecular weight excluding hydrogens is 376 g/mol. The van der Waals surface area contributed by atoms with Crippen LogP contribution in [0.2, 0.25) is 0 Å². The molecule has 2 aromatic carbocycles. The summed E-state index contributed by atoms with van der Waals surface area (Å²) >= 11 is 1.49. The fourth-order valence-corrected chi connectivity index (χ4v) is 4.33. The average Bonchev–Trinajstić information content (AvgIpc) is 3.20. The van der Waals surface area contributed by atoms with Crippen molar-refractivity contribution in [3.63, 3.8) is 0 Å². The molecule has 3 rings (SSSR count). The molecule has 0 fully saturated rings. The zero-order valence-electron chi connectivity index (χ0n) is 17.5. The van der Waals surface area contributed by atoms with Crippen LogP contribution in [0, 0.1) is 0 Å². The number of carbonyl (C=O) groups excluding carboxylic acids is 1. The van der Waals surface area contributed by atoms with E-state index in [9.17, 15) is 4.79 Å². The van der Waals surface area contributed by atoms with E-state index < -0.39 is 0 Å². The lowest BCUT2D eigenvalue weighted by molar-refractivity contribution is -0.116. The van der Waals surface area contributed by atoms with E-state index in [2.05, 4.69) is 47.6 Å². The monoisotopic (exact) mass is 408 g/mol. The van der Waals surface area contributed by atoms with Crippen molar-refractivity contribution < 1.29 is 4.79 Å². The number of hydrogen-bond donors (Lipinski definition) is 1. The van der Waals surface area contributed by atoms with Gasteiger partial charge in [-0.3, -0.25) is 4.79 Å². The van der Waals surface area contributed by atoms with Crippen LogP contribution in [0.25, 0.3) is 22.0 Å². The summed E-state index contributed by atoms with van der Waals surface area (Å²) in [5.41, 5.74) is 2.00. The number of amides is 1. The van der Waals surface area contributed by atoms with Crippen molar-refractivity contribution in [2.45, 2.75) is 71.1 Å². The molecule has 154 valence electrons. The van der Waals surface area contributed by atoms with E-state index >= 15 is 0 Å². The summed E-state index contributed by atoms with van der Waals surface area (Å²) in [5, 5.41) is 8.09. The molecule has 0 aliphatic carbocycles. The minimum Gasteiger partial charge on any atom is -0.302 e. The summed E-state index contributed by atoms with van der Waals surface area (Å²) in [7, 11) is 0. The Bertz CT molecular complexity index is 902. The number of nitrogens with zero attached hydrogens (tertiary/aromatic N) is 1. The lowest BCUT2D eigenvalue weighted by Crippen LogP contribution is -2.10. The first-order valence-electron chi connectivity index (χ1n) is 11.0. The van der Waals surface area contributed by atoms with Crippen molar-refractivity contribution >= 4 is 33.1 Å². The van der Waals surface area contributed by atoms with Crippen LogP contribution in [0.5, 0.6) is 0 Å². The standard InChI is InChI=1S/C25H32N2OS/c1-2-3-4-5-6-7-8-9-10-15-24(28)27-25-26-23(19-29-25)22-17-16-20-13-11-12-14-21(20)18-22/h11-14,16-19H,2-10,15H2,1H3,(H,26,27,28). The van der Waals surface area contributed by atoms with Crippen LogP contribution in [-0.2, 0) is 4.79 Å². The Morgan fingerprint density at radius 3 is 2.34 bits per heavy atom. The number of rotatable bonds is 12. The Balaban J connectivity index is 1.38. The van der Waals surface area contributed by atoms with E-state index in [1.54, 1.807) is 0 Å². The number of fused-ring (bicyclic) bond motifs is 1. The third-order valence-corrected chi connectivity index (χ3v) is 6.06. The smallest absolute Gasteiger partial charge is 0.226 e. The van der Waals surface area contributed by atoms with Crippen molar-refractivity contribution in [1.82, 2.24) is 4.98 Å². The van der Waals surface area contributed by atoms with E-state index in [0.717, 1.165) is 24.1 Å². The first-order valence-corrected chi connectivity index (χ1v) is 11.9. The van der Waals surface area contributed by atoms with E-state index in [0.29, 0.717) is 11.6 Å². The Labute approximate surface area is 178 Å². The molecule has 29 heavy (non-hydrogen) atoms. The van der Waals surface area contributed by atoms with Gasteiger partial charge < -0.3 is 5.32 Å².